The van der Waals surface area contributed by atoms with Crippen LogP contribution in [0.4, 0.5) is 0 Å². The average Bonchev–Trinajstić information content (AvgIpc) is 3.20. The van der Waals surface area contributed by atoms with Gasteiger partial charge in [-0.05, 0) is 42.2 Å². The molecule has 2 aliphatic rings. The predicted octanol–water partition coefficient (Wildman–Crippen LogP) is 3.42. The highest BCUT2D eigenvalue weighted by molar-refractivity contribution is 5.27. The first-order valence-electron chi connectivity index (χ1n) is 8.23. The van der Waals surface area contributed by atoms with E-state index in [0.29, 0.717) is 0 Å². The van der Waals surface area contributed by atoms with E-state index in [0.717, 1.165) is 31.0 Å². The molecular formula is C18H28N2. The van der Waals surface area contributed by atoms with Gasteiger partial charge in [-0.1, -0.05) is 38.1 Å². The SMILES string of the molecule is CC1CC(C)CN(Cc2ccccc2CNC2CC2)C1. The zero-order valence-corrected chi connectivity index (χ0v) is 12.9. The van der Waals surface area contributed by atoms with Crippen molar-refractivity contribution in [3.05, 3.63) is 35.4 Å². The van der Waals surface area contributed by atoms with Crippen LogP contribution in [-0.4, -0.2) is 24.0 Å². The molecule has 1 heterocycles. The standard InChI is InChI=1S/C18H28N2/c1-14-9-15(2)12-20(11-14)13-17-6-4-3-5-16(17)10-19-18-7-8-18/h3-6,14-15,18-19H,7-13H2,1-2H3. The Bertz CT molecular complexity index is 429. The Kier molecular flexibility index (Phi) is 4.42. The largest absolute Gasteiger partial charge is 0.310 e. The molecular weight excluding hydrogens is 244 g/mol. The van der Waals surface area contributed by atoms with Crippen LogP contribution in [-0.2, 0) is 13.1 Å². The van der Waals surface area contributed by atoms with Crippen LogP contribution >= 0.6 is 0 Å². The maximum Gasteiger partial charge on any atom is 0.0237 e. The number of piperidine rings is 1. The van der Waals surface area contributed by atoms with Crippen LogP contribution in [0, 0.1) is 11.8 Å². The van der Waals surface area contributed by atoms with Crippen LogP contribution in [0.2, 0.25) is 0 Å². The molecule has 2 fully saturated rings. The van der Waals surface area contributed by atoms with Gasteiger partial charge in [0, 0.05) is 32.2 Å². The smallest absolute Gasteiger partial charge is 0.0237 e. The zero-order valence-electron chi connectivity index (χ0n) is 12.9. The molecule has 110 valence electrons. The van der Waals surface area contributed by atoms with E-state index < -0.39 is 0 Å². The number of rotatable bonds is 5. The molecule has 2 atom stereocenters. The van der Waals surface area contributed by atoms with Crippen LogP contribution in [0.1, 0.15) is 44.2 Å². The second-order valence-corrected chi connectivity index (χ2v) is 7.06. The summed E-state index contributed by atoms with van der Waals surface area (Å²) >= 11 is 0. The molecule has 1 aromatic rings. The van der Waals surface area contributed by atoms with Gasteiger partial charge >= 0.3 is 0 Å². The summed E-state index contributed by atoms with van der Waals surface area (Å²) < 4.78 is 0. The summed E-state index contributed by atoms with van der Waals surface area (Å²) in [7, 11) is 0. The lowest BCUT2D eigenvalue weighted by atomic mass is 9.91. The first-order valence-corrected chi connectivity index (χ1v) is 8.23. The summed E-state index contributed by atoms with van der Waals surface area (Å²) in [6.45, 7) is 9.47. The molecule has 3 rings (SSSR count). The molecule has 1 N–H and O–H groups in total. The minimum atomic E-state index is 0.790. The highest BCUT2D eigenvalue weighted by atomic mass is 15.1. The Morgan fingerprint density at radius 2 is 1.70 bits per heavy atom. The van der Waals surface area contributed by atoms with Gasteiger partial charge < -0.3 is 5.32 Å². The van der Waals surface area contributed by atoms with Crippen molar-refractivity contribution in [1.82, 2.24) is 10.2 Å². The fourth-order valence-electron chi connectivity index (χ4n) is 3.59. The van der Waals surface area contributed by atoms with Crippen molar-refractivity contribution < 1.29 is 0 Å². The third-order valence-electron chi connectivity index (χ3n) is 4.62. The highest BCUT2D eigenvalue weighted by Crippen LogP contribution is 2.24. The molecule has 1 aliphatic carbocycles. The van der Waals surface area contributed by atoms with Gasteiger partial charge in [0.15, 0.2) is 0 Å². The summed E-state index contributed by atoms with van der Waals surface area (Å²) in [5.41, 5.74) is 3.01. The van der Waals surface area contributed by atoms with Crippen LogP contribution < -0.4 is 5.32 Å². The summed E-state index contributed by atoms with van der Waals surface area (Å²) in [6.07, 6.45) is 4.12. The van der Waals surface area contributed by atoms with Crippen molar-refractivity contribution >= 4 is 0 Å². The van der Waals surface area contributed by atoms with Gasteiger partial charge in [-0.15, -0.1) is 0 Å². The molecule has 2 nitrogen and oxygen atoms in total. The lowest BCUT2D eigenvalue weighted by Gasteiger charge is -2.35. The topological polar surface area (TPSA) is 15.3 Å². The number of benzene rings is 1. The fourth-order valence-corrected chi connectivity index (χ4v) is 3.59. The van der Waals surface area contributed by atoms with Gasteiger partial charge in [0.1, 0.15) is 0 Å². The summed E-state index contributed by atoms with van der Waals surface area (Å²) in [6, 6.07) is 9.76. The van der Waals surface area contributed by atoms with Crippen LogP contribution in [0.3, 0.4) is 0 Å². The summed E-state index contributed by atoms with van der Waals surface area (Å²) in [5, 5.41) is 3.65. The summed E-state index contributed by atoms with van der Waals surface area (Å²) in [5.74, 6) is 1.69. The average molecular weight is 272 g/mol. The maximum atomic E-state index is 3.65. The molecule has 20 heavy (non-hydrogen) atoms. The van der Waals surface area contributed by atoms with E-state index in [1.165, 1.54) is 43.5 Å². The van der Waals surface area contributed by atoms with Gasteiger partial charge in [-0.3, -0.25) is 4.90 Å². The van der Waals surface area contributed by atoms with Gasteiger partial charge in [-0.2, -0.15) is 0 Å². The van der Waals surface area contributed by atoms with E-state index in [2.05, 4.69) is 48.3 Å². The Hall–Kier alpha value is -0.860. The number of hydrogen-bond donors (Lipinski definition) is 1. The van der Waals surface area contributed by atoms with Crippen molar-refractivity contribution in [2.24, 2.45) is 11.8 Å². The molecule has 2 unspecified atom stereocenters. The Morgan fingerprint density at radius 3 is 2.35 bits per heavy atom. The molecule has 1 saturated heterocycles. The molecule has 0 spiro atoms. The monoisotopic (exact) mass is 272 g/mol. The maximum absolute atomic E-state index is 3.65. The summed E-state index contributed by atoms with van der Waals surface area (Å²) in [4.78, 5) is 2.65. The molecule has 1 saturated carbocycles. The van der Waals surface area contributed by atoms with Crippen LogP contribution in [0.25, 0.3) is 0 Å². The Morgan fingerprint density at radius 1 is 1.05 bits per heavy atom. The first-order chi connectivity index (χ1) is 9.70. The van der Waals surface area contributed by atoms with Crippen LogP contribution in [0.5, 0.6) is 0 Å². The molecule has 0 aromatic heterocycles. The van der Waals surface area contributed by atoms with E-state index in [1.807, 2.05) is 0 Å². The first kappa shape index (κ1) is 14.1. The van der Waals surface area contributed by atoms with Gasteiger partial charge in [-0.25, -0.2) is 0 Å². The van der Waals surface area contributed by atoms with Crippen molar-refractivity contribution in [3.8, 4) is 0 Å². The van der Waals surface area contributed by atoms with E-state index in [9.17, 15) is 0 Å². The molecule has 1 aliphatic heterocycles. The lowest BCUT2D eigenvalue weighted by molar-refractivity contribution is 0.134. The minimum Gasteiger partial charge on any atom is -0.310 e. The third-order valence-corrected chi connectivity index (χ3v) is 4.62. The molecule has 2 heteroatoms. The highest BCUT2D eigenvalue weighted by Gasteiger charge is 2.23. The van der Waals surface area contributed by atoms with Gasteiger partial charge in [0.05, 0.1) is 0 Å². The van der Waals surface area contributed by atoms with Gasteiger partial charge in [0.25, 0.3) is 0 Å². The van der Waals surface area contributed by atoms with Crippen molar-refractivity contribution in [2.75, 3.05) is 13.1 Å². The Labute approximate surface area is 123 Å². The number of nitrogens with zero attached hydrogens (tertiary/aromatic N) is 1. The second-order valence-electron chi connectivity index (χ2n) is 7.06. The quantitative estimate of drug-likeness (QED) is 0.883. The van der Waals surface area contributed by atoms with Crippen molar-refractivity contribution in [2.45, 2.75) is 52.2 Å². The van der Waals surface area contributed by atoms with Crippen molar-refractivity contribution in [3.63, 3.8) is 0 Å². The van der Waals surface area contributed by atoms with Gasteiger partial charge in [0.2, 0.25) is 0 Å². The Balaban J connectivity index is 1.63. The normalized spacial score (nSPS) is 27.7. The third kappa shape index (κ3) is 3.83. The van der Waals surface area contributed by atoms with E-state index >= 15 is 0 Å². The molecule has 0 amide bonds. The van der Waals surface area contributed by atoms with E-state index in [1.54, 1.807) is 0 Å². The second kappa shape index (κ2) is 6.28. The van der Waals surface area contributed by atoms with E-state index in [4.69, 9.17) is 0 Å². The number of hydrogen-bond acceptors (Lipinski definition) is 2. The predicted molar refractivity (Wildman–Crippen MR) is 84.5 cm³/mol. The van der Waals surface area contributed by atoms with Crippen molar-refractivity contribution in [1.29, 1.82) is 0 Å². The van der Waals surface area contributed by atoms with Crippen LogP contribution in [0.15, 0.2) is 24.3 Å². The number of likely N-dealkylation sites (tertiary alicyclic amines) is 1. The lowest BCUT2D eigenvalue weighted by Crippen LogP contribution is -2.38. The molecule has 0 bridgehead atoms. The zero-order chi connectivity index (χ0) is 13.9. The molecule has 0 radical (unpaired) electrons. The molecule has 1 aromatic carbocycles. The fraction of sp³-hybridized carbons (Fsp3) is 0.667. The van der Waals surface area contributed by atoms with E-state index in [-0.39, 0.29) is 0 Å². The minimum absolute atomic E-state index is 0.790. The number of nitrogens with one attached hydrogen (secondary N) is 1.